The molecule has 92 valence electrons. The van der Waals surface area contributed by atoms with Gasteiger partial charge in [0, 0.05) is 11.9 Å². The van der Waals surface area contributed by atoms with Gasteiger partial charge < -0.3 is 16.2 Å². The number of amides is 1. The van der Waals surface area contributed by atoms with Crippen molar-refractivity contribution in [3.05, 3.63) is 16.1 Å². The molecule has 17 heavy (non-hydrogen) atoms. The fourth-order valence-corrected chi connectivity index (χ4v) is 2.22. The minimum Gasteiger partial charge on any atom is -0.476 e. The zero-order valence-electron chi connectivity index (χ0n) is 9.10. The first-order valence-electron chi connectivity index (χ1n) is 5.23. The Bertz CT molecular complexity index is 453. The van der Waals surface area contributed by atoms with E-state index in [1.54, 1.807) is 0 Å². The van der Waals surface area contributed by atoms with Crippen molar-refractivity contribution in [2.24, 2.45) is 11.1 Å². The van der Waals surface area contributed by atoms with Gasteiger partial charge >= 0.3 is 5.97 Å². The fourth-order valence-electron chi connectivity index (χ4n) is 1.51. The number of aromatic nitrogens is 1. The monoisotopic (exact) mass is 255 g/mol. The van der Waals surface area contributed by atoms with Crippen molar-refractivity contribution in [2.45, 2.75) is 19.4 Å². The molecule has 0 bridgehead atoms. The highest BCUT2D eigenvalue weighted by Crippen LogP contribution is 2.44. The number of nitrogens with one attached hydrogen (secondary N) is 1. The molecule has 7 heteroatoms. The van der Waals surface area contributed by atoms with Gasteiger partial charge in [0.25, 0.3) is 0 Å². The predicted octanol–water partition coefficient (Wildman–Crippen LogP) is 0.196. The van der Waals surface area contributed by atoms with E-state index in [9.17, 15) is 9.59 Å². The first-order valence-corrected chi connectivity index (χ1v) is 6.11. The molecule has 0 aromatic carbocycles. The number of carboxylic acids is 1. The SMILES string of the molecule is NCC1(C(=O)NCc2nc(C(=O)O)cs2)CC1. The van der Waals surface area contributed by atoms with E-state index in [4.69, 9.17) is 10.8 Å². The Morgan fingerprint density at radius 1 is 1.59 bits per heavy atom. The van der Waals surface area contributed by atoms with Crippen molar-refractivity contribution in [1.29, 1.82) is 0 Å². The summed E-state index contributed by atoms with van der Waals surface area (Å²) in [6.07, 6.45) is 1.65. The first kappa shape index (κ1) is 12.0. The lowest BCUT2D eigenvalue weighted by Gasteiger charge is -2.11. The Kier molecular flexibility index (Phi) is 3.12. The van der Waals surface area contributed by atoms with Crippen molar-refractivity contribution < 1.29 is 14.7 Å². The minimum absolute atomic E-state index is 0.0132. The summed E-state index contributed by atoms with van der Waals surface area (Å²) in [5.74, 6) is -1.12. The van der Waals surface area contributed by atoms with Gasteiger partial charge in [-0.3, -0.25) is 4.79 Å². The molecule has 0 unspecified atom stereocenters. The van der Waals surface area contributed by atoms with Gasteiger partial charge in [-0.15, -0.1) is 11.3 Å². The van der Waals surface area contributed by atoms with E-state index < -0.39 is 5.97 Å². The largest absolute Gasteiger partial charge is 0.476 e. The zero-order valence-corrected chi connectivity index (χ0v) is 9.92. The van der Waals surface area contributed by atoms with Crippen LogP contribution in [0.3, 0.4) is 0 Å². The van der Waals surface area contributed by atoms with Gasteiger partial charge in [0.15, 0.2) is 5.69 Å². The van der Waals surface area contributed by atoms with Crippen LogP contribution >= 0.6 is 11.3 Å². The molecular formula is C10H13N3O3S. The predicted molar refractivity (Wildman–Crippen MR) is 61.6 cm³/mol. The average molecular weight is 255 g/mol. The van der Waals surface area contributed by atoms with Crippen LogP contribution in [0.2, 0.25) is 0 Å². The molecule has 0 atom stereocenters. The molecule has 1 amide bonds. The van der Waals surface area contributed by atoms with Gasteiger partial charge in [0.1, 0.15) is 5.01 Å². The molecule has 2 rings (SSSR count). The molecule has 0 saturated heterocycles. The van der Waals surface area contributed by atoms with E-state index >= 15 is 0 Å². The highest BCUT2D eigenvalue weighted by atomic mass is 32.1. The second-order valence-electron chi connectivity index (χ2n) is 4.10. The van der Waals surface area contributed by atoms with Crippen molar-refractivity contribution in [3.8, 4) is 0 Å². The Balaban J connectivity index is 1.89. The van der Waals surface area contributed by atoms with Gasteiger partial charge in [-0.25, -0.2) is 9.78 Å². The molecule has 1 aliphatic carbocycles. The Morgan fingerprint density at radius 3 is 2.76 bits per heavy atom. The van der Waals surface area contributed by atoms with Gasteiger partial charge in [-0.2, -0.15) is 0 Å². The maximum absolute atomic E-state index is 11.7. The lowest BCUT2D eigenvalue weighted by Crippen LogP contribution is -2.36. The van der Waals surface area contributed by atoms with E-state index in [1.165, 1.54) is 16.7 Å². The van der Waals surface area contributed by atoms with E-state index in [2.05, 4.69) is 10.3 Å². The smallest absolute Gasteiger partial charge is 0.355 e. The van der Waals surface area contributed by atoms with Crippen molar-refractivity contribution in [2.75, 3.05) is 6.54 Å². The number of carboxylic acid groups (broad SMARTS) is 1. The van der Waals surface area contributed by atoms with Gasteiger partial charge in [-0.05, 0) is 12.8 Å². The number of rotatable bonds is 5. The summed E-state index contributed by atoms with van der Waals surface area (Å²) >= 11 is 1.22. The molecule has 6 nitrogen and oxygen atoms in total. The molecule has 0 aliphatic heterocycles. The minimum atomic E-state index is -1.06. The zero-order chi connectivity index (χ0) is 12.5. The molecule has 0 spiro atoms. The summed E-state index contributed by atoms with van der Waals surface area (Å²) in [7, 11) is 0. The lowest BCUT2D eigenvalue weighted by molar-refractivity contribution is -0.126. The maximum atomic E-state index is 11.7. The number of hydrogen-bond donors (Lipinski definition) is 3. The molecule has 1 fully saturated rings. The Hall–Kier alpha value is -1.47. The van der Waals surface area contributed by atoms with Crippen LogP contribution in [0.1, 0.15) is 28.3 Å². The van der Waals surface area contributed by atoms with Crippen LogP contribution in [0.25, 0.3) is 0 Å². The summed E-state index contributed by atoms with van der Waals surface area (Å²) < 4.78 is 0. The van der Waals surface area contributed by atoms with Crippen LogP contribution in [-0.2, 0) is 11.3 Å². The number of carbonyl (C=O) groups excluding carboxylic acids is 1. The summed E-state index contributed by atoms with van der Waals surface area (Å²) in [5, 5.41) is 13.5. The van der Waals surface area contributed by atoms with Gasteiger partial charge in [-0.1, -0.05) is 0 Å². The quantitative estimate of drug-likeness (QED) is 0.697. The molecular weight excluding hydrogens is 242 g/mol. The number of thiazole rings is 1. The molecule has 1 aromatic rings. The third-order valence-corrected chi connectivity index (χ3v) is 3.75. The third-order valence-electron chi connectivity index (χ3n) is 2.90. The number of nitrogens with two attached hydrogens (primary N) is 1. The van der Waals surface area contributed by atoms with Crippen molar-refractivity contribution in [1.82, 2.24) is 10.3 Å². The Morgan fingerprint density at radius 2 is 2.29 bits per heavy atom. The Labute approximate surface area is 102 Å². The molecule has 1 aliphatic rings. The van der Waals surface area contributed by atoms with Crippen LogP contribution in [0.5, 0.6) is 0 Å². The standard InChI is InChI=1S/C10H13N3O3S/c11-5-10(1-2-10)9(16)12-3-7-13-6(4-17-7)8(14)15/h4H,1-3,5,11H2,(H,12,16)(H,14,15). The second kappa shape index (κ2) is 4.42. The van der Waals surface area contributed by atoms with E-state index in [0.717, 1.165) is 12.8 Å². The van der Waals surface area contributed by atoms with Crippen LogP contribution in [0, 0.1) is 5.41 Å². The van der Waals surface area contributed by atoms with Crippen molar-refractivity contribution >= 4 is 23.2 Å². The van der Waals surface area contributed by atoms with Gasteiger partial charge in [0.2, 0.25) is 5.91 Å². The molecule has 1 saturated carbocycles. The second-order valence-corrected chi connectivity index (χ2v) is 5.04. The van der Waals surface area contributed by atoms with E-state index in [-0.39, 0.29) is 23.6 Å². The highest BCUT2D eigenvalue weighted by molar-refractivity contribution is 7.09. The van der Waals surface area contributed by atoms with E-state index in [1.807, 2.05) is 0 Å². The van der Waals surface area contributed by atoms with Crippen LogP contribution in [0.4, 0.5) is 0 Å². The summed E-state index contributed by atoms with van der Waals surface area (Å²) in [6, 6.07) is 0. The normalized spacial score (nSPS) is 16.5. The van der Waals surface area contributed by atoms with Crippen LogP contribution in [0.15, 0.2) is 5.38 Å². The molecule has 1 aromatic heterocycles. The summed E-state index contributed by atoms with van der Waals surface area (Å²) in [6.45, 7) is 0.621. The molecule has 1 heterocycles. The van der Waals surface area contributed by atoms with Gasteiger partial charge in [0.05, 0.1) is 12.0 Å². The van der Waals surface area contributed by atoms with Crippen LogP contribution in [-0.4, -0.2) is 28.5 Å². The summed E-state index contributed by atoms with van der Waals surface area (Å²) in [5.41, 5.74) is 5.16. The topological polar surface area (TPSA) is 105 Å². The average Bonchev–Trinajstić information content (AvgIpc) is 2.97. The highest BCUT2D eigenvalue weighted by Gasteiger charge is 2.48. The number of carbonyl (C=O) groups is 2. The summed E-state index contributed by atoms with van der Waals surface area (Å²) in [4.78, 5) is 26.2. The van der Waals surface area contributed by atoms with Crippen molar-refractivity contribution in [3.63, 3.8) is 0 Å². The number of aromatic carboxylic acids is 1. The first-order chi connectivity index (χ1) is 8.07. The molecule has 0 radical (unpaired) electrons. The molecule has 4 N–H and O–H groups in total. The number of hydrogen-bond acceptors (Lipinski definition) is 5. The lowest BCUT2D eigenvalue weighted by atomic mass is 10.1. The fraction of sp³-hybridized carbons (Fsp3) is 0.500. The van der Waals surface area contributed by atoms with Crippen LogP contribution < -0.4 is 11.1 Å². The third kappa shape index (κ3) is 2.45. The van der Waals surface area contributed by atoms with E-state index in [0.29, 0.717) is 11.6 Å². The number of nitrogens with zero attached hydrogens (tertiary/aromatic N) is 1. The maximum Gasteiger partial charge on any atom is 0.355 e.